The maximum absolute atomic E-state index is 13.8. The second-order valence-electron chi connectivity index (χ2n) is 8.19. The van der Waals surface area contributed by atoms with Gasteiger partial charge in [0.1, 0.15) is 12.4 Å². The van der Waals surface area contributed by atoms with E-state index in [-0.39, 0.29) is 23.7 Å². The van der Waals surface area contributed by atoms with Gasteiger partial charge in [-0.15, -0.1) is 5.92 Å². The molecule has 9 heteroatoms. The normalized spacial score (nSPS) is 12.0. The highest BCUT2D eigenvalue weighted by molar-refractivity contribution is 7.93. The van der Waals surface area contributed by atoms with Crippen LogP contribution in [0.15, 0.2) is 77.7 Å². The standard InChI is InChI=1S/C27H26N4O4S/c1-3-4-16-35-21-12-15-25-23(18-21)26(30-29-25)31(36(33,34)22-13-10-19(2)11-14-22)27(32)24(28)17-20-8-6-5-7-9-20/h5-15,18,24H,16-17,28H2,1-2H3,(H,29,30)/t24-/m0/s1. The molecule has 1 amide bonds. The van der Waals surface area contributed by atoms with Crippen LogP contribution in [0.1, 0.15) is 18.1 Å². The number of H-pyrrole nitrogens is 1. The number of aromatic amines is 1. The summed E-state index contributed by atoms with van der Waals surface area (Å²) in [5, 5.41) is 7.42. The Balaban J connectivity index is 1.81. The molecule has 0 aliphatic rings. The zero-order valence-electron chi connectivity index (χ0n) is 19.9. The van der Waals surface area contributed by atoms with E-state index in [2.05, 4.69) is 22.0 Å². The number of nitrogens with zero attached hydrogens (tertiary/aromatic N) is 2. The molecule has 4 rings (SSSR count). The van der Waals surface area contributed by atoms with E-state index in [0.717, 1.165) is 11.1 Å². The lowest BCUT2D eigenvalue weighted by Gasteiger charge is -2.24. The summed E-state index contributed by atoms with van der Waals surface area (Å²) in [5.74, 6) is 5.15. The molecule has 1 heterocycles. The number of amides is 1. The van der Waals surface area contributed by atoms with Crippen LogP contribution in [0, 0.1) is 18.8 Å². The second-order valence-corrected chi connectivity index (χ2v) is 9.97. The van der Waals surface area contributed by atoms with Crippen molar-refractivity contribution in [3.63, 3.8) is 0 Å². The number of nitrogens with two attached hydrogens (primary N) is 1. The molecule has 0 aliphatic heterocycles. The van der Waals surface area contributed by atoms with Crippen molar-refractivity contribution in [2.45, 2.75) is 31.2 Å². The first-order valence-electron chi connectivity index (χ1n) is 11.3. The Hall–Kier alpha value is -4.13. The van der Waals surface area contributed by atoms with E-state index in [9.17, 15) is 13.2 Å². The minimum Gasteiger partial charge on any atom is -0.481 e. The minimum absolute atomic E-state index is 0.0462. The van der Waals surface area contributed by atoms with Gasteiger partial charge < -0.3 is 10.5 Å². The average molecular weight is 503 g/mol. The van der Waals surface area contributed by atoms with Crippen molar-refractivity contribution in [2.75, 3.05) is 10.9 Å². The Labute approximate surface area is 210 Å². The van der Waals surface area contributed by atoms with Crippen LogP contribution in [-0.4, -0.2) is 37.2 Å². The smallest absolute Gasteiger partial charge is 0.272 e. The van der Waals surface area contributed by atoms with E-state index in [0.29, 0.717) is 21.0 Å². The van der Waals surface area contributed by atoms with Crippen LogP contribution < -0.4 is 14.8 Å². The largest absolute Gasteiger partial charge is 0.481 e. The number of aryl methyl sites for hydroxylation is 1. The number of anilines is 1. The molecular formula is C27H26N4O4S. The summed E-state index contributed by atoms with van der Waals surface area (Å²) in [6.07, 6.45) is 0.159. The third-order valence-electron chi connectivity index (χ3n) is 5.57. The summed E-state index contributed by atoms with van der Waals surface area (Å²) in [6.45, 7) is 3.72. The minimum atomic E-state index is -4.34. The highest BCUT2D eigenvalue weighted by Crippen LogP contribution is 2.32. The van der Waals surface area contributed by atoms with Crippen molar-refractivity contribution < 1.29 is 17.9 Å². The van der Waals surface area contributed by atoms with Gasteiger partial charge in [-0.3, -0.25) is 9.89 Å². The summed E-state index contributed by atoms with van der Waals surface area (Å²) >= 11 is 0. The lowest BCUT2D eigenvalue weighted by Crippen LogP contribution is -2.48. The van der Waals surface area contributed by atoms with E-state index in [4.69, 9.17) is 10.5 Å². The third-order valence-corrected chi connectivity index (χ3v) is 7.27. The van der Waals surface area contributed by atoms with Crippen molar-refractivity contribution in [1.29, 1.82) is 0 Å². The molecule has 0 bridgehead atoms. The summed E-state index contributed by atoms with van der Waals surface area (Å²) in [5.41, 5.74) is 8.51. The molecule has 3 aromatic carbocycles. The highest BCUT2D eigenvalue weighted by Gasteiger charge is 2.37. The van der Waals surface area contributed by atoms with Gasteiger partial charge in [0, 0.05) is 5.39 Å². The maximum Gasteiger partial charge on any atom is 0.272 e. The first kappa shape index (κ1) is 25.0. The molecule has 0 fully saturated rings. The number of carbonyl (C=O) groups excluding carboxylic acids is 1. The molecule has 0 unspecified atom stereocenters. The molecule has 36 heavy (non-hydrogen) atoms. The van der Waals surface area contributed by atoms with Gasteiger partial charge in [-0.25, -0.2) is 8.42 Å². The van der Waals surface area contributed by atoms with Crippen molar-refractivity contribution in [1.82, 2.24) is 10.2 Å². The Morgan fingerprint density at radius 2 is 1.83 bits per heavy atom. The quantitative estimate of drug-likeness (QED) is 0.356. The van der Waals surface area contributed by atoms with E-state index in [1.165, 1.54) is 12.1 Å². The van der Waals surface area contributed by atoms with Gasteiger partial charge in [-0.2, -0.15) is 9.40 Å². The summed E-state index contributed by atoms with van der Waals surface area (Å²) in [4.78, 5) is 13.6. The zero-order valence-corrected chi connectivity index (χ0v) is 20.7. The van der Waals surface area contributed by atoms with Gasteiger partial charge >= 0.3 is 0 Å². The highest BCUT2D eigenvalue weighted by atomic mass is 32.2. The van der Waals surface area contributed by atoms with Crippen LogP contribution in [0.4, 0.5) is 5.82 Å². The number of fused-ring (bicyclic) bond motifs is 1. The second kappa shape index (κ2) is 10.6. The number of benzene rings is 3. The molecule has 1 atom stereocenters. The van der Waals surface area contributed by atoms with Gasteiger partial charge in [0.05, 0.1) is 16.5 Å². The molecule has 0 spiro atoms. The van der Waals surface area contributed by atoms with Crippen LogP contribution in [0.25, 0.3) is 10.9 Å². The van der Waals surface area contributed by atoms with Crippen LogP contribution in [0.3, 0.4) is 0 Å². The fourth-order valence-electron chi connectivity index (χ4n) is 3.67. The number of hydrogen-bond donors (Lipinski definition) is 2. The first-order valence-corrected chi connectivity index (χ1v) is 12.7. The van der Waals surface area contributed by atoms with Gasteiger partial charge in [0.2, 0.25) is 0 Å². The Morgan fingerprint density at radius 1 is 1.11 bits per heavy atom. The Morgan fingerprint density at radius 3 is 2.53 bits per heavy atom. The lowest BCUT2D eigenvalue weighted by molar-refractivity contribution is -0.118. The zero-order chi connectivity index (χ0) is 25.7. The van der Waals surface area contributed by atoms with Crippen molar-refractivity contribution in [2.24, 2.45) is 5.73 Å². The van der Waals surface area contributed by atoms with Crippen molar-refractivity contribution >= 4 is 32.7 Å². The molecule has 4 aromatic rings. The third kappa shape index (κ3) is 5.25. The monoisotopic (exact) mass is 502 g/mol. The summed E-state index contributed by atoms with van der Waals surface area (Å²) in [6, 6.07) is 19.3. The van der Waals surface area contributed by atoms with Crippen molar-refractivity contribution in [3.8, 4) is 17.6 Å². The SMILES string of the molecule is CC#CCOc1ccc2[nH]nc(N(C(=O)[C@@H](N)Cc3ccccc3)S(=O)(=O)c3ccc(C)cc3)c2c1. The van der Waals surface area contributed by atoms with E-state index >= 15 is 0 Å². The molecule has 0 aliphatic carbocycles. The van der Waals surface area contributed by atoms with Gasteiger partial charge in [-0.05, 0) is 56.2 Å². The van der Waals surface area contributed by atoms with Crippen LogP contribution in [0.2, 0.25) is 0 Å². The van der Waals surface area contributed by atoms with Gasteiger partial charge in [0.15, 0.2) is 5.82 Å². The van der Waals surface area contributed by atoms with Crippen molar-refractivity contribution in [3.05, 3.63) is 83.9 Å². The number of aromatic nitrogens is 2. The molecule has 0 radical (unpaired) electrons. The average Bonchev–Trinajstić information content (AvgIpc) is 3.27. The number of sulfonamides is 1. The van der Waals surface area contributed by atoms with Crippen LogP contribution >= 0.6 is 0 Å². The number of ether oxygens (including phenoxy) is 1. The number of rotatable bonds is 8. The number of nitrogens with one attached hydrogen (secondary N) is 1. The molecule has 0 saturated carbocycles. The molecule has 184 valence electrons. The predicted octanol–water partition coefficient (Wildman–Crippen LogP) is 3.57. The Bertz CT molecular complexity index is 1540. The van der Waals surface area contributed by atoms with E-state index in [1.54, 1.807) is 37.3 Å². The predicted molar refractivity (Wildman–Crippen MR) is 139 cm³/mol. The summed E-state index contributed by atoms with van der Waals surface area (Å²) in [7, 11) is -4.34. The Kier molecular flexibility index (Phi) is 7.38. The number of hydrogen-bond acceptors (Lipinski definition) is 6. The molecule has 1 aromatic heterocycles. The summed E-state index contributed by atoms with van der Waals surface area (Å²) < 4.78 is 34.0. The molecule has 0 saturated heterocycles. The maximum atomic E-state index is 13.8. The van der Waals surface area contributed by atoms with Crippen LogP contribution in [-0.2, 0) is 21.2 Å². The first-order chi connectivity index (χ1) is 17.3. The lowest BCUT2D eigenvalue weighted by atomic mass is 10.1. The van der Waals surface area contributed by atoms with Crippen LogP contribution in [0.5, 0.6) is 5.75 Å². The topological polar surface area (TPSA) is 118 Å². The fourth-order valence-corrected chi connectivity index (χ4v) is 5.10. The van der Waals surface area contributed by atoms with E-state index in [1.807, 2.05) is 37.3 Å². The van der Waals surface area contributed by atoms with Gasteiger partial charge in [0.25, 0.3) is 15.9 Å². The van der Waals surface area contributed by atoms with Gasteiger partial charge in [-0.1, -0.05) is 53.9 Å². The fraction of sp³-hybridized carbons (Fsp3) is 0.185. The molecule has 3 N–H and O–H groups in total. The number of carbonyl (C=O) groups is 1. The molecular weight excluding hydrogens is 476 g/mol. The molecule has 8 nitrogen and oxygen atoms in total. The van der Waals surface area contributed by atoms with E-state index < -0.39 is 22.0 Å².